The van der Waals surface area contributed by atoms with Gasteiger partial charge in [-0.05, 0) is 38.0 Å². The number of piperazine rings is 1. The summed E-state index contributed by atoms with van der Waals surface area (Å²) in [6, 6.07) is 8.05. The highest BCUT2D eigenvalue weighted by Crippen LogP contribution is 2.21. The van der Waals surface area contributed by atoms with Gasteiger partial charge in [0.15, 0.2) is 17.7 Å². The molecule has 4 rings (SSSR count). The summed E-state index contributed by atoms with van der Waals surface area (Å²) in [7, 11) is 0. The molecule has 0 N–H and O–H groups in total. The monoisotopic (exact) mass is 399 g/mol. The molecule has 1 aromatic carbocycles. The maximum atomic E-state index is 13.8. The van der Waals surface area contributed by atoms with Gasteiger partial charge in [-0.25, -0.2) is 9.37 Å². The molecule has 1 aromatic heterocycles. The van der Waals surface area contributed by atoms with Gasteiger partial charge in [-0.15, -0.1) is 0 Å². The van der Waals surface area contributed by atoms with Crippen molar-refractivity contribution in [1.82, 2.24) is 14.9 Å². The number of amides is 1. The molecule has 2 fully saturated rings. The van der Waals surface area contributed by atoms with Gasteiger partial charge in [0.25, 0.3) is 5.91 Å². The van der Waals surface area contributed by atoms with Gasteiger partial charge in [-0.3, -0.25) is 4.79 Å². The summed E-state index contributed by atoms with van der Waals surface area (Å²) in [4.78, 5) is 28.0. The first kappa shape index (κ1) is 19.4. The molecule has 154 valence electrons. The number of hydrogen-bond acceptors (Lipinski definition) is 6. The lowest BCUT2D eigenvalue weighted by molar-refractivity contribution is -0.138. The fourth-order valence-corrected chi connectivity index (χ4v) is 3.78. The highest BCUT2D eigenvalue weighted by molar-refractivity contribution is 5.81. The second kappa shape index (κ2) is 8.63. The van der Waals surface area contributed by atoms with Gasteiger partial charge in [0.05, 0.1) is 0 Å². The Hall–Kier alpha value is -2.90. The van der Waals surface area contributed by atoms with E-state index in [1.807, 2.05) is 6.07 Å². The molecule has 2 saturated heterocycles. The molecule has 7 nitrogen and oxygen atoms in total. The molecule has 0 radical (unpaired) electrons. The van der Waals surface area contributed by atoms with Crippen LogP contribution in [-0.4, -0.2) is 66.1 Å². The Labute approximate surface area is 170 Å². The third-order valence-electron chi connectivity index (χ3n) is 5.42. The minimum Gasteiger partial charge on any atom is -0.478 e. The van der Waals surface area contributed by atoms with Crippen molar-refractivity contribution in [3.63, 3.8) is 0 Å². The number of para-hydroxylation sites is 1. The van der Waals surface area contributed by atoms with Gasteiger partial charge in [-0.2, -0.15) is 4.98 Å². The van der Waals surface area contributed by atoms with Crippen molar-refractivity contribution < 1.29 is 13.9 Å². The molecule has 2 aliphatic heterocycles. The fourth-order valence-electron chi connectivity index (χ4n) is 3.78. The molecule has 8 heteroatoms. The largest absolute Gasteiger partial charge is 0.478 e. The lowest BCUT2D eigenvalue weighted by Gasteiger charge is -2.36. The third kappa shape index (κ3) is 4.41. The van der Waals surface area contributed by atoms with E-state index in [0.717, 1.165) is 24.9 Å². The molecule has 0 aliphatic carbocycles. The Bertz CT molecular complexity index is 850. The molecule has 0 saturated carbocycles. The number of ether oxygens (including phenoxy) is 1. The third-order valence-corrected chi connectivity index (χ3v) is 5.42. The zero-order chi connectivity index (χ0) is 20.2. The van der Waals surface area contributed by atoms with Crippen LogP contribution in [0.4, 0.5) is 16.2 Å². The molecule has 2 aromatic rings. The van der Waals surface area contributed by atoms with Gasteiger partial charge in [0.1, 0.15) is 5.82 Å². The molecule has 0 spiro atoms. The zero-order valence-electron chi connectivity index (χ0n) is 16.6. The quantitative estimate of drug-likeness (QED) is 0.769. The lowest BCUT2D eigenvalue weighted by atomic mass is 10.2. The van der Waals surface area contributed by atoms with Crippen LogP contribution >= 0.6 is 0 Å². The van der Waals surface area contributed by atoms with Gasteiger partial charge < -0.3 is 19.4 Å². The highest BCUT2D eigenvalue weighted by atomic mass is 19.1. The maximum Gasteiger partial charge on any atom is 0.263 e. The van der Waals surface area contributed by atoms with E-state index in [9.17, 15) is 9.18 Å². The van der Waals surface area contributed by atoms with E-state index in [1.165, 1.54) is 25.0 Å². The van der Waals surface area contributed by atoms with Crippen molar-refractivity contribution in [2.75, 3.05) is 49.1 Å². The normalized spacial score (nSPS) is 18.1. The average molecular weight is 399 g/mol. The Morgan fingerprint density at radius 2 is 1.76 bits per heavy atom. The summed E-state index contributed by atoms with van der Waals surface area (Å²) < 4.78 is 19.3. The summed E-state index contributed by atoms with van der Waals surface area (Å²) in [6.07, 6.45) is 3.43. The fraction of sp³-hybridized carbons (Fsp3) is 0.476. The van der Waals surface area contributed by atoms with Crippen molar-refractivity contribution in [2.24, 2.45) is 0 Å². The summed E-state index contributed by atoms with van der Waals surface area (Å²) in [5.74, 6) is 1.18. The van der Waals surface area contributed by atoms with Crippen molar-refractivity contribution in [1.29, 1.82) is 0 Å². The summed E-state index contributed by atoms with van der Waals surface area (Å²) in [5, 5.41) is 0. The number of carbonyl (C=O) groups excluding carboxylic acids is 1. The van der Waals surface area contributed by atoms with E-state index in [0.29, 0.717) is 26.2 Å². The van der Waals surface area contributed by atoms with Gasteiger partial charge in [0.2, 0.25) is 5.95 Å². The number of anilines is 2. The van der Waals surface area contributed by atoms with E-state index >= 15 is 0 Å². The Morgan fingerprint density at radius 3 is 2.48 bits per heavy atom. The minimum absolute atomic E-state index is 0.0995. The predicted octanol–water partition coefficient (Wildman–Crippen LogP) is 2.33. The van der Waals surface area contributed by atoms with Crippen molar-refractivity contribution in [3.05, 3.63) is 42.3 Å². The molecule has 1 amide bonds. The van der Waals surface area contributed by atoms with Crippen LogP contribution < -0.4 is 14.5 Å². The van der Waals surface area contributed by atoms with Crippen molar-refractivity contribution >= 4 is 17.7 Å². The van der Waals surface area contributed by atoms with Crippen LogP contribution in [0.2, 0.25) is 0 Å². The number of benzene rings is 1. The van der Waals surface area contributed by atoms with E-state index in [4.69, 9.17) is 9.72 Å². The standard InChI is InChI=1S/C21H26FN5O2/c1-16(29-18-7-3-2-6-17(18)22)20(28)26-14-12-25(13-15-26)19-8-9-23-21(24-19)27-10-4-5-11-27/h2-3,6-9,16H,4-5,10-15H2,1H3. The van der Waals surface area contributed by atoms with Crippen LogP contribution in [0.3, 0.4) is 0 Å². The Morgan fingerprint density at radius 1 is 1.03 bits per heavy atom. The van der Waals surface area contributed by atoms with Crippen LogP contribution in [0.15, 0.2) is 36.5 Å². The lowest BCUT2D eigenvalue weighted by Crippen LogP contribution is -2.52. The molecule has 3 heterocycles. The highest BCUT2D eigenvalue weighted by Gasteiger charge is 2.27. The first-order chi connectivity index (χ1) is 14.1. The van der Waals surface area contributed by atoms with E-state index < -0.39 is 11.9 Å². The average Bonchev–Trinajstić information content (AvgIpc) is 3.30. The Balaban J connectivity index is 1.33. The van der Waals surface area contributed by atoms with Crippen molar-refractivity contribution in [3.8, 4) is 5.75 Å². The molecule has 1 unspecified atom stereocenters. The zero-order valence-corrected chi connectivity index (χ0v) is 16.6. The molecule has 1 atom stereocenters. The first-order valence-corrected chi connectivity index (χ1v) is 10.1. The van der Waals surface area contributed by atoms with Crippen LogP contribution in [0.25, 0.3) is 0 Å². The van der Waals surface area contributed by atoms with Gasteiger partial charge in [0, 0.05) is 45.5 Å². The minimum atomic E-state index is -0.737. The number of carbonyl (C=O) groups is 1. The number of rotatable bonds is 5. The summed E-state index contributed by atoms with van der Waals surface area (Å²) in [6.45, 7) is 6.20. The number of halogens is 1. The van der Waals surface area contributed by atoms with Crippen LogP contribution in [0.5, 0.6) is 5.75 Å². The molecule has 0 bridgehead atoms. The smallest absolute Gasteiger partial charge is 0.263 e. The number of aromatic nitrogens is 2. The topological polar surface area (TPSA) is 61.8 Å². The van der Waals surface area contributed by atoms with E-state index in [-0.39, 0.29) is 11.7 Å². The van der Waals surface area contributed by atoms with Crippen LogP contribution in [0, 0.1) is 5.82 Å². The molecule has 2 aliphatic rings. The van der Waals surface area contributed by atoms with E-state index in [1.54, 1.807) is 30.2 Å². The summed E-state index contributed by atoms with van der Waals surface area (Å²) >= 11 is 0. The predicted molar refractivity (Wildman–Crippen MR) is 109 cm³/mol. The van der Waals surface area contributed by atoms with Gasteiger partial charge in [-0.1, -0.05) is 12.1 Å². The SMILES string of the molecule is CC(Oc1ccccc1F)C(=O)N1CCN(c2ccnc(N3CCCC3)n2)CC1. The second-order valence-corrected chi connectivity index (χ2v) is 7.41. The number of nitrogens with zero attached hydrogens (tertiary/aromatic N) is 5. The van der Waals surface area contributed by atoms with E-state index in [2.05, 4.69) is 14.8 Å². The van der Waals surface area contributed by atoms with Crippen LogP contribution in [-0.2, 0) is 4.79 Å². The molecule has 29 heavy (non-hydrogen) atoms. The maximum absolute atomic E-state index is 13.8. The van der Waals surface area contributed by atoms with Gasteiger partial charge >= 0.3 is 0 Å². The Kier molecular flexibility index (Phi) is 5.78. The first-order valence-electron chi connectivity index (χ1n) is 10.1. The number of hydrogen-bond donors (Lipinski definition) is 0. The summed E-state index contributed by atoms with van der Waals surface area (Å²) in [5.41, 5.74) is 0. The second-order valence-electron chi connectivity index (χ2n) is 7.41. The van der Waals surface area contributed by atoms with Crippen molar-refractivity contribution in [2.45, 2.75) is 25.9 Å². The molecular weight excluding hydrogens is 373 g/mol. The van der Waals surface area contributed by atoms with Crippen LogP contribution in [0.1, 0.15) is 19.8 Å². The molecular formula is C21H26FN5O2.